The second-order valence-electron chi connectivity index (χ2n) is 7.25. The van der Waals surface area contributed by atoms with E-state index in [9.17, 15) is 18.0 Å². The Morgan fingerprint density at radius 2 is 1.87 bits per heavy atom. The number of sulfonamides is 1. The van der Waals surface area contributed by atoms with Gasteiger partial charge >= 0.3 is 5.76 Å². The van der Waals surface area contributed by atoms with E-state index in [4.69, 9.17) is 4.42 Å². The predicted octanol–water partition coefficient (Wildman–Crippen LogP) is 1.11. The Labute approximate surface area is 172 Å². The number of benzene rings is 1. The van der Waals surface area contributed by atoms with Crippen molar-refractivity contribution in [3.05, 3.63) is 53.0 Å². The Bertz CT molecular complexity index is 1240. The second kappa shape index (κ2) is 7.65. The van der Waals surface area contributed by atoms with Gasteiger partial charge in [-0.15, -0.1) is 0 Å². The van der Waals surface area contributed by atoms with Gasteiger partial charge < -0.3 is 9.32 Å². The summed E-state index contributed by atoms with van der Waals surface area (Å²) in [5.41, 5.74) is 1.00. The van der Waals surface area contributed by atoms with Gasteiger partial charge in [-0.05, 0) is 26.0 Å². The van der Waals surface area contributed by atoms with E-state index in [-0.39, 0.29) is 54.3 Å². The summed E-state index contributed by atoms with van der Waals surface area (Å²) in [6, 6.07) is 4.33. The summed E-state index contributed by atoms with van der Waals surface area (Å²) >= 11 is 0. The quantitative estimate of drug-likeness (QED) is 0.607. The van der Waals surface area contributed by atoms with E-state index in [0.717, 1.165) is 0 Å². The molecule has 1 amide bonds. The molecule has 4 rings (SSSR count). The van der Waals surface area contributed by atoms with E-state index < -0.39 is 15.8 Å². The Hall–Kier alpha value is -3.05. The van der Waals surface area contributed by atoms with Crippen LogP contribution in [-0.2, 0) is 10.0 Å². The second-order valence-corrected chi connectivity index (χ2v) is 9.19. The zero-order chi connectivity index (χ0) is 21.5. The van der Waals surface area contributed by atoms with Gasteiger partial charge in [0.2, 0.25) is 10.0 Å². The Morgan fingerprint density at radius 3 is 2.50 bits per heavy atom. The van der Waals surface area contributed by atoms with Crippen LogP contribution in [0.25, 0.3) is 11.1 Å². The minimum Gasteiger partial charge on any atom is -0.408 e. The van der Waals surface area contributed by atoms with Gasteiger partial charge in [0.05, 0.1) is 16.6 Å². The number of nitrogens with zero attached hydrogens (tertiary/aromatic N) is 5. The fourth-order valence-corrected chi connectivity index (χ4v) is 4.96. The molecule has 10 nitrogen and oxygen atoms in total. The smallest absolute Gasteiger partial charge is 0.408 e. The molecular weight excluding hydrogens is 410 g/mol. The number of carbonyl (C=O) groups is 1. The van der Waals surface area contributed by atoms with Crippen molar-refractivity contribution < 1.29 is 17.6 Å². The molecule has 1 aromatic carbocycles. The maximum atomic E-state index is 13.1. The van der Waals surface area contributed by atoms with E-state index in [1.165, 1.54) is 39.6 Å². The minimum absolute atomic E-state index is 0.0494. The van der Waals surface area contributed by atoms with Crippen LogP contribution in [0.2, 0.25) is 0 Å². The number of rotatable bonds is 4. The number of amides is 1. The normalized spacial score (nSPS) is 15.8. The number of hydrogen-bond donors (Lipinski definition) is 0. The number of fused-ring (bicyclic) bond motifs is 1. The molecule has 0 atom stereocenters. The number of hydrogen-bond acceptors (Lipinski definition) is 7. The fourth-order valence-electron chi connectivity index (χ4n) is 3.52. The van der Waals surface area contributed by atoms with Crippen LogP contribution in [0.1, 0.15) is 30.4 Å². The van der Waals surface area contributed by atoms with Crippen LogP contribution in [0, 0.1) is 0 Å². The predicted molar refractivity (Wildman–Crippen MR) is 108 cm³/mol. The molecule has 3 aromatic rings. The average molecular weight is 431 g/mol. The molecule has 2 aromatic heterocycles. The monoisotopic (exact) mass is 431 g/mol. The van der Waals surface area contributed by atoms with Crippen LogP contribution in [0.5, 0.6) is 0 Å². The van der Waals surface area contributed by atoms with Crippen LogP contribution in [0.4, 0.5) is 0 Å². The number of carbonyl (C=O) groups excluding carboxylic acids is 1. The molecule has 158 valence electrons. The first-order valence-corrected chi connectivity index (χ1v) is 10.9. The molecule has 1 aliphatic rings. The molecule has 3 heterocycles. The van der Waals surface area contributed by atoms with E-state index in [0.29, 0.717) is 5.52 Å². The van der Waals surface area contributed by atoms with Crippen molar-refractivity contribution in [2.45, 2.75) is 24.8 Å². The van der Waals surface area contributed by atoms with Gasteiger partial charge in [0, 0.05) is 50.7 Å². The number of piperazine rings is 1. The van der Waals surface area contributed by atoms with Crippen molar-refractivity contribution >= 4 is 27.0 Å². The SMILES string of the molecule is CC(C)n1c(=O)oc2cc(S(=O)(=O)N3CCN(C(=O)c4cnccn4)CC3)ccc21. The summed E-state index contributed by atoms with van der Waals surface area (Å²) in [5, 5.41) is 0. The van der Waals surface area contributed by atoms with Crippen molar-refractivity contribution in [2.24, 2.45) is 0 Å². The molecule has 0 aliphatic carbocycles. The maximum absolute atomic E-state index is 13.1. The van der Waals surface area contributed by atoms with Gasteiger partial charge in [-0.2, -0.15) is 4.31 Å². The van der Waals surface area contributed by atoms with Crippen LogP contribution >= 0.6 is 0 Å². The summed E-state index contributed by atoms with van der Waals surface area (Å²) in [5.74, 6) is -0.802. The highest BCUT2D eigenvalue weighted by atomic mass is 32.2. The molecule has 0 N–H and O–H groups in total. The van der Waals surface area contributed by atoms with Crippen molar-refractivity contribution in [3.8, 4) is 0 Å². The maximum Gasteiger partial charge on any atom is 0.420 e. The summed E-state index contributed by atoms with van der Waals surface area (Å²) in [4.78, 5) is 34.0. The first kappa shape index (κ1) is 20.2. The van der Waals surface area contributed by atoms with Crippen molar-refractivity contribution in [1.82, 2.24) is 23.7 Å². The number of aromatic nitrogens is 3. The van der Waals surface area contributed by atoms with Crippen molar-refractivity contribution in [3.63, 3.8) is 0 Å². The Morgan fingerprint density at radius 1 is 1.13 bits per heavy atom. The molecule has 0 bridgehead atoms. The molecule has 11 heteroatoms. The summed E-state index contributed by atoms with van der Waals surface area (Å²) in [6.07, 6.45) is 4.31. The topological polar surface area (TPSA) is 119 Å². The van der Waals surface area contributed by atoms with E-state index in [2.05, 4.69) is 9.97 Å². The Kier molecular flexibility index (Phi) is 5.16. The molecule has 0 radical (unpaired) electrons. The Balaban J connectivity index is 1.53. The van der Waals surface area contributed by atoms with Gasteiger partial charge in [0.25, 0.3) is 5.91 Å². The van der Waals surface area contributed by atoms with Crippen molar-refractivity contribution in [2.75, 3.05) is 26.2 Å². The molecule has 1 saturated heterocycles. The van der Waals surface area contributed by atoms with Crippen LogP contribution in [0.15, 0.2) is 50.9 Å². The van der Waals surface area contributed by atoms with Gasteiger partial charge in [-0.3, -0.25) is 14.3 Å². The van der Waals surface area contributed by atoms with Gasteiger partial charge in [0.1, 0.15) is 5.69 Å². The third kappa shape index (κ3) is 3.50. The highest BCUT2D eigenvalue weighted by Gasteiger charge is 2.31. The average Bonchev–Trinajstić information content (AvgIpc) is 3.09. The lowest BCUT2D eigenvalue weighted by atomic mass is 10.3. The van der Waals surface area contributed by atoms with E-state index >= 15 is 0 Å². The molecule has 0 unspecified atom stereocenters. The molecule has 1 fully saturated rings. The zero-order valence-electron chi connectivity index (χ0n) is 16.6. The first-order chi connectivity index (χ1) is 14.3. The third-order valence-corrected chi connectivity index (χ3v) is 6.94. The van der Waals surface area contributed by atoms with E-state index in [1.54, 1.807) is 11.0 Å². The lowest BCUT2D eigenvalue weighted by Gasteiger charge is -2.33. The van der Waals surface area contributed by atoms with Crippen LogP contribution in [0.3, 0.4) is 0 Å². The largest absolute Gasteiger partial charge is 0.420 e. The first-order valence-electron chi connectivity index (χ1n) is 9.49. The van der Waals surface area contributed by atoms with Crippen LogP contribution in [-0.4, -0.2) is 64.2 Å². The molecule has 1 aliphatic heterocycles. The van der Waals surface area contributed by atoms with Crippen LogP contribution < -0.4 is 5.76 Å². The fraction of sp³-hybridized carbons (Fsp3) is 0.368. The lowest BCUT2D eigenvalue weighted by Crippen LogP contribution is -2.50. The highest BCUT2D eigenvalue weighted by molar-refractivity contribution is 7.89. The molecular formula is C19H21N5O5S. The highest BCUT2D eigenvalue weighted by Crippen LogP contribution is 2.24. The number of oxazole rings is 1. The van der Waals surface area contributed by atoms with Gasteiger partial charge in [-0.1, -0.05) is 0 Å². The molecule has 0 spiro atoms. The minimum atomic E-state index is -3.79. The lowest BCUT2D eigenvalue weighted by molar-refractivity contribution is 0.0691. The van der Waals surface area contributed by atoms with Crippen molar-refractivity contribution in [1.29, 1.82) is 0 Å². The molecule has 30 heavy (non-hydrogen) atoms. The third-order valence-electron chi connectivity index (χ3n) is 5.05. The summed E-state index contributed by atoms with van der Waals surface area (Å²) in [7, 11) is -3.79. The summed E-state index contributed by atoms with van der Waals surface area (Å²) < 4.78 is 34.2. The van der Waals surface area contributed by atoms with Gasteiger partial charge in [0.15, 0.2) is 5.58 Å². The van der Waals surface area contributed by atoms with Gasteiger partial charge in [-0.25, -0.2) is 18.2 Å². The van der Waals surface area contributed by atoms with E-state index in [1.807, 2.05) is 13.8 Å². The molecule has 0 saturated carbocycles. The standard InChI is InChI=1S/C19H21N5O5S/c1-13(2)24-16-4-3-14(11-17(16)29-19(24)26)30(27,28)23-9-7-22(8-10-23)18(25)15-12-20-5-6-21-15/h3-6,11-13H,7-10H2,1-2H3. The zero-order valence-corrected chi connectivity index (χ0v) is 17.4. The summed E-state index contributed by atoms with van der Waals surface area (Å²) in [6.45, 7) is 4.50.